The van der Waals surface area contributed by atoms with Gasteiger partial charge in [0, 0.05) is 12.8 Å². The highest BCUT2D eigenvalue weighted by Crippen LogP contribution is 2.10. The molecule has 6 nitrogen and oxygen atoms in total. The number of methoxy groups -OCH3 is 1. The Kier molecular flexibility index (Phi) is 8.54. The quantitative estimate of drug-likeness (QED) is 0.771. The number of benzene rings is 1. The summed E-state index contributed by atoms with van der Waals surface area (Å²) < 4.78 is 9.65. The van der Waals surface area contributed by atoms with Crippen LogP contribution in [0.4, 0.5) is 5.69 Å². The lowest BCUT2D eigenvalue weighted by atomic mass is 10.2. The first-order valence-electron chi connectivity index (χ1n) is 5.91. The van der Waals surface area contributed by atoms with Crippen LogP contribution in [0.3, 0.4) is 0 Å². The summed E-state index contributed by atoms with van der Waals surface area (Å²) in [6.45, 7) is 2.21. The summed E-state index contributed by atoms with van der Waals surface area (Å²) in [5.41, 5.74) is 6.57. The van der Waals surface area contributed by atoms with E-state index in [2.05, 4.69) is 5.32 Å². The van der Waals surface area contributed by atoms with Crippen LogP contribution in [0.25, 0.3) is 0 Å². The molecule has 3 N–H and O–H groups in total. The summed E-state index contributed by atoms with van der Waals surface area (Å²) in [6, 6.07) is 5.66. The van der Waals surface area contributed by atoms with Gasteiger partial charge in [-0.25, -0.2) is 4.79 Å². The number of carbonyl (C=O) groups excluding carboxylic acids is 2. The Hall–Kier alpha value is -1.63. The second-order valence-electron chi connectivity index (χ2n) is 3.85. The molecule has 1 aromatic carbocycles. The maximum atomic E-state index is 11.6. The van der Waals surface area contributed by atoms with Crippen LogP contribution in [0.15, 0.2) is 24.3 Å². The number of anilines is 1. The van der Waals surface area contributed by atoms with Gasteiger partial charge in [-0.15, -0.1) is 12.4 Å². The topological polar surface area (TPSA) is 90.7 Å². The molecule has 0 aliphatic heterocycles. The molecule has 0 aromatic heterocycles. The molecule has 1 rings (SSSR count). The highest BCUT2D eigenvalue weighted by atomic mass is 35.5. The summed E-state index contributed by atoms with van der Waals surface area (Å²) in [4.78, 5) is 23.0. The third-order valence-electron chi connectivity index (χ3n) is 2.35. The maximum Gasteiger partial charge on any atom is 0.338 e. The van der Waals surface area contributed by atoms with E-state index in [0.29, 0.717) is 17.9 Å². The van der Waals surface area contributed by atoms with E-state index in [9.17, 15) is 9.59 Å². The molecular formula is C13H19ClN2O4. The fourth-order valence-corrected chi connectivity index (χ4v) is 1.39. The molecule has 0 heterocycles. The molecule has 112 valence electrons. The molecule has 0 saturated heterocycles. The Morgan fingerprint density at radius 1 is 1.30 bits per heavy atom. The van der Waals surface area contributed by atoms with Gasteiger partial charge in [0.2, 0.25) is 5.91 Å². The van der Waals surface area contributed by atoms with Gasteiger partial charge in [0.05, 0.1) is 18.8 Å². The van der Waals surface area contributed by atoms with Gasteiger partial charge in [0.15, 0.2) is 0 Å². The normalized spacial score (nSPS) is 11.2. The van der Waals surface area contributed by atoms with Crippen LogP contribution in [0.1, 0.15) is 17.3 Å². The molecule has 1 atom stereocenters. The number of halogens is 1. The van der Waals surface area contributed by atoms with Gasteiger partial charge in [-0.2, -0.15) is 0 Å². The minimum absolute atomic E-state index is 0. The summed E-state index contributed by atoms with van der Waals surface area (Å²) in [7, 11) is 1.47. The molecule has 0 fully saturated rings. The average molecular weight is 303 g/mol. The van der Waals surface area contributed by atoms with E-state index < -0.39 is 12.0 Å². The second-order valence-corrected chi connectivity index (χ2v) is 3.85. The van der Waals surface area contributed by atoms with Crippen LogP contribution in [0, 0.1) is 0 Å². The van der Waals surface area contributed by atoms with E-state index >= 15 is 0 Å². The SMILES string of the molecule is CCOC(=O)c1ccc(NC(=O)C(N)COC)cc1.Cl. The van der Waals surface area contributed by atoms with Crippen LogP contribution >= 0.6 is 12.4 Å². The number of esters is 1. The van der Waals surface area contributed by atoms with E-state index in [0.717, 1.165) is 0 Å². The van der Waals surface area contributed by atoms with Gasteiger partial charge in [-0.3, -0.25) is 4.79 Å². The third-order valence-corrected chi connectivity index (χ3v) is 2.35. The van der Waals surface area contributed by atoms with Crippen LogP contribution in [0.2, 0.25) is 0 Å². The van der Waals surface area contributed by atoms with Gasteiger partial charge in [0.25, 0.3) is 0 Å². The van der Waals surface area contributed by atoms with E-state index in [4.69, 9.17) is 15.2 Å². The van der Waals surface area contributed by atoms with Gasteiger partial charge in [-0.1, -0.05) is 0 Å². The highest BCUT2D eigenvalue weighted by molar-refractivity contribution is 5.95. The van der Waals surface area contributed by atoms with Crippen molar-refractivity contribution in [2.45, 2.75) is 13.0 Å². The molecule has 0 aliphatic carbocycles. The Labute approximate surface area is 124 Å². The Bertz CT molecular complexity index is 437. The van der Waals surface area contributed by atoms with Crippen molar-refractivity contribution in [3.63, 3.8) is 0 Å². The number of carbonyl (C=O) groups is 2. The van der Waals surface area contributed by atoms with E-state index in [1.807, 2.05) is 0 Å². The second kappa shape index (κ2) is 9.30. The molecule has 1 unspecified atom stereocenters. The number of amides is 1. The number of hydrogen-bond acceptors (Lipinski definition) is 5. The van der Waals surface area contributed by atoms with Crippen molar-refractivity contribution in [1.82, 2.24) is 0 Å². The third kappa shape index (κ3) is 5.56. The molecule has 0 bridgehead atoms. The number of nitrogens with two attached hydrogens (primary N) is 1. The zero-order chi connectivity index (χ0) is 14.3. The summed E-state index contributed by atoms with van der Waals surface area (Å²) in [5, 5.41) is 2.63. The molecule has 0 radical (unpaired) electrons. The first-order valence-corrected chi connectivity index (χ1v) is 5.91. The molecule has 20 heavy (non-hydrogen) atoms. The smallest absolute Gasteiger partial charge is 0.338 e. The van der Waals surface area contributed by atoms with Gasteiger partial charge >= 0.3 is 5.97 Å². The lowest BCUT2D eigenvalue weighted by Gasteiger charge is -2.11. The van der Waals surface area contributed by atoms with Crippen LogP contribution < -0.4 is 11.1 Å². The van der Waals surface area contributed by atoms with Crippen LogP contribution in [0.5, 0.6) is 0 Å². The number of rotatable bonds is 6. The van der Waals surface area contributed by atoms with E-state index in [1.54, 1.807) is 31.2 Å². The number of nitrogens with one attached hydrogen (secondary N) is 1. The largest absolute Gasteiger partial charge is 0.462 e. The number of hydrogen-bond donors (Lipinski definition) is 2. The molecule has 0 aliphatic rings. The zero-order valence-electron chi connectivity index (χ0n) is 11.4. The first kappa shape index (κ1) is 18.4. The van der Waals surface area contributed by atoms with Gasteiger partial charge in [0.1, 0.15) is 6.04 Å². The van der Waals surface area contributed by atoms with Crippen LogP contribution in [-0.2, 0) is 14.3 Å². The fraction of sp³-hybridized carbons (Fsp3) is 0.385. The van der Waals surface area contributed by atoms with Crippen LogP contribution in [-0.4, -0.2) is 38.2 Å². The average Bonchev–Trinajstić information content (AvgIpc) is 2.40. The molecule has 0 saturated carbocycles. The molecule has 0 spiro atoms. The summed E-state index contributed by atoms with van der Waals surface area (Å²) in [5.74, 6) is -0.734. The number of ether oxygens (including phenoxy) is 2. The fourth-order valence-electron chi connectivity index (χ4n) is 1.39. The monoisotopic (exact) mass is 302 g/mol. The van der Waals surface area contributed by atoms with Crippen molar-refractivity contribution in [2.75, 3.05) is 25.6 Å². The Morgan fingerprint density at radius 2 is 1.90 bits per heavy atom. The van der Waals surface area contributed by atoms with E-state index in [1.165, 1.54) is 7.11 Å². The van der Waals surface area contributed by atoms with Crippen molar-refractivity contribution < 1.29 is 19.1 Å². The van der Waals surface area contributed by atoms with Gasteiger partial charge in [-0.05, 0) is 31.2 Å². The highest BCUT2D eigenvalue weighted by Gasteiger charge is 2.13. The maximum absolute atomic E-state index is 11.6. The Balaban J connectivity index is 0.00000361. The van der Waals surface area contributed by atoms with E-state index in [-0.39, 0.29) is 24.9 Å². The zero-order valence-corrected chi connectivity index (χ0v) is 12.2. The lowest BCUT2D eigenvalue weighted by Crippen LogP contribution is -2.39. The minimum atomic E-state index is -0.727. The summed E-state index contributed by atoms with van der Waals surface area (Å²) in [6.07, 6.45) is 0. The molecule has 1 amide bonds. The molecular weight excluding hydrogens is 284 g/mol. The van der Waals surface area contributed by atoms with Crippen molar-refractivity contribution >= 4 is 30.0 Å². The first-order chi connectivity index (χ1) is 9.08. The van der Waals surface area contributed by atoms with Crippen molar-refractivity contribution in [2.24, 2.45) is 5.73 Å². The summed E-state index contributed by atoms with van der Waals surface area (Å²) >= 11 is 0. The van der Waals surface area contributed by atoms with Gasteiger partial charge < -0.3 is 20.5 Å². The predicted octanol–water partition coefficient (Wildman–Crippen LogP) is 1.20. The van der Waals surface area contributed by atoms with Crippen molar-refractivity contribution in [1.29, 1.82) is 0 Å². The Morgan fingerprint density at radius 3 is 2.40 bits per heavy atom. The lowest BCUT2D eigenvalue weighted by molar-refractivity contribution is -0.118. The molecule has 7 heteroatoms. The van der Waals surface area contributed by atoms with Crippen molar-refractivity contribution in [3.05, 3.63) is 29.8 Å². The van der Waals surface area contributed by atoms with Crippen molar-refractivity contribution in [3.8, 4) is 0 Å². The molecule has 1 aromatic rings. The standard InChI is InChI=1S/C13H18N2O4.ClH/c1-3-19-13(17)9-4-6-10(7-5-9)15-12(16)11(14)8-18-2;/h4-7,11H,3,8,14H2,1-2H3,(H,15,16);1H. The predicted molar refractivity (Wildman–Crippen MR) is 78.1 cm³/mol. The minimum Gasteiger partial charge on any atom is -0.462 e.